The Kier molecular flexibility index (Phi) is 3.74. The molecular formula is C12H16N6O. The van der Waals surface area contributed by atoms with Crippen LogP contribution in [-0.4, -0.2) is 30.8 Å². The summed E-state index contributed by atoms with van der Waals surface area (Å²) >= 11 is 0. The van der Waals surface area contributed by atoms with E-state index in [1.165, 1.54) is 0 Å². The van der Waals surface area contributed by atoms with Crippen molar-refractivity contribution in [1.29, 1.82) is 0 Å². The van der Waals surface area contributed by atoms with Crippen molar-refractivity contribution in [2.45, 2.75) is 26.7 Å². The van der Waals surface area contributed by atoms with E-state index in [2.05, 4.69) is 20.2 Å². The zero-order valence-electron chi connectivity index (χ0n) is 10.9. The molecule has 0 amide bonds. The first-order chi connectivity index (χ1) is 9.19. The summed E-state index contributed by atoms with van der Waals surface area (Å²) in [5.41, 5.74) is 6.69. The van der Waals surface area contributed by atoms with Gasteiger partial charge in [-0.2, -0.15) is 5.10 Å². The van der Waals surface area contributed by atoms with Crippen molar-refractivity contribution >= 4 is 5.84 Å². The average Bonchev–Trinajstić information content (AvgIpc) is 2.90. The average molecular weight is 260 g/mol. The first-order valence-corrected chi connectivity index (χ1v) is 6.08. The summed E-state index contributed by atoms with van der Waals surface area (Å²) in [5.74, 6) is 1.67. The minimum Gasteiger partial charge on any atom is -0.409 e. The summed E-state index contributed by atoms with van der Waals surface area (Å²) in [7, 11) is 0. The van der Waals surface area contributed by atoms with Gasteiger partial charge in [0.1, 0.15) is 11.5 Å². The van der Waals surface area contributed by atoms with Gasteiger partial charge in [-0.05, 0) is 12.1 Å². The molecule has 0 saturated heterocycles. The molecule has 7 nitrogen and oxygen atoms in total. The number of aromatic nitrogens is 4. The summed E-state index contributed by atoms with van der Waals surface area (Å²) in [4.78, 5) is 8.56. The first-order valence-electron chi connectivity index (χ1n) is 6.08. The quantitative estimate of drug-likeness (QED) is 0.368. The molecule has 0 unspecified atom stereocenters. The zero-order valence-corrected chi connectivity index (χ0v) is 10.9. The van der Waals surface area contributed by atoms with E-state index in [0.717, 1.165) is 30.2 Å². The number of oxime groups is 1. The van der Waals surface area contributed by atoms with Crippen LogP contribution in [0.4, 0.5) is 0 Å². The fraction of sp³-hybridized carbons (Fsp3) is 0.333. The van der Waals surface area contributed by atoms with Crippen LogP contribution in [-0.2, 0) is 12.8 Å². The zero-order chi connectivity index (χ0) is 13.8. The number of nitrogens with zero attached hydrogens (tertiary/aromatic N) is 5. The van der Waals surface area contributed by atoms with Gasteiger partial charge in [0.05, 0.1) is 11.9 Å². The van der Waals surface area contributed by atoms with Crippen LogP contribution in [0.3, 0.4) is 0 Å². The van der Waals surface area contributed by atoms with E-state index in [1.807, 2.05) is 19.9 Å². The Labute approximate surface area is 110 Å². The number of nitrogens with two attached hydrogens (primary N) is 1. The van der Waals surface area contributed by atoms with Gasteiger partial charge in [-0.1, -0.05) is 19.0 Å². The standard InChI is InChI=1S/C12H16N6O/c1-3-10-15-11(4-2)18(16-10)8-5-6-9(14-7-8)12(13)17-19/h5-7,19H,3-4H2,1-2H3,(H2,13,17). The Morgan fingerprint density at radius 1 is 1.37 bits per heavy atom. The highest BCUT2D eigenvalue weighted by molar-refractivity contribution is 5.95. The topological polar surface area (TPSA) is 102 Å². The molecule has 0 saturated carbocycles. The number of hydrogen-bond donors (Lipinski definition) is 2. The molecule has 0 atom stereocenters. The van der Waals surface area contributed by atoms with Crippen LogP contribution < -0.4 is 5.73 Å². The van der Waals surface area contributed by atoms with E-state index in [4.69, 9.17) is 10.9 Å². The third kappa shape index (κ3) is 2.54. The van der Waals surface area contributed by atoms with Gasteiger partial charge in [0.2, 0.25) is 0 Å². The Morgan fingerprint density at radius 2 is 2.16 bits per heavy atom. The van der Waals surface area contributed by atoms with Crippen molar-refractivity contribution in [1.82, 2.24) is 19.7 Å². The Bertz CT molecular complexity index is 587. The number of pyridine rings is 1. The molecule has 0 radical (unpaired) electrons. The van der Waals surface area contributed by atoms with Crippen LogP contribution in [0.25, 0.3) is 5.69 Å². The Hall–Kier alpha value is -2.44. The lowest BCUT2D eigenvalue weighted by Crippen LogP contribution is -2.15. The first kappa shape index (κ1) is 13.0. The van der Waals surface area contributed by atoms with E-state index in [1.54, 1.807) is 16.9 Å². The molecule has 3 N–H and O–H groups in total. The molecule has 19 heavy (non-hydrogen) atoms. The highest BCUT2D eigenvalue weighted by Crippen LogP contribution is 2.10. The Morgan fingerprint density at radius 3 is 2.68 bits per heavy atom. The number of rotatable bonds is 4. The second-order valence-corrected chi connectivity index (χ2v) is 3.95. The summed E-state index contributed by atoms with van der Waals surface area (Å²) < 4.78 is 1.77. The molecule has 2 rings (SSSR count). The summed E-state index contributed by atoms with van der Waals surface area (Å²) in [6, 6.07) is 3.49. The Balaban J connectivity index is 2.39. The fourth-order valence-electron chi connectivity index (χ4n) is 1.69. The lowest BCUT2D eigenvalue weighted by molar-refractivity contribution is 0.318. The lowest BCUT2D eigenvalue weighted by Gasteiger charge is -2.04. The third-order valence-corrected chi connectivity index (χ3v) is 2.71. The van der Waals surface area contributed by atoms with E-state index in [-0.39, 0.29) is 5.84 Å². The molecule has 100 valence electrons. The summed E-state index contributed by atoms with van der Waals surface area (Å²) in [6.45, 7) is 4.04. The maximum Gasteiger partial charge on any atom is 0.188 e. The second-order valence-electron chi connectivity index (χ2n) is 3.95. The van der Waals surface area contributed by atoms with Gasteiger partial charge in [0, 0.05) is 12.8 Å². The molecule has 0 fully saturated rings. The van der Waals surface area contributed by atoms with Crippen LogP contribution >= 0.6 is 0 Å². The van der Waals surface area contributed by atoms with Crippen molar-refractivity contribution in [3.8, 4) is 5.69 Å². The molecular weight excluding hydrogens is 244 g/mol. The molecule has 7 heteroatoms. The predicted molar refractivity (Wildman–Crippen MR) is 70.4 cm³/mol. The number of aryl methyl sites for hydroxylation is 2. The van der Waals surface area contributed by atoms with Gasteiger partial charge in [-0.3, -0.25) is 4.98 Å². The molecule has 2 aromatic rings. The molecule has 2 heterocycles. The van der Waals surface area contributed by atoms with E-state index < -0.39 is 0 Å². The highest BCUT2D eigenvalue weighted by Gasteiger charge is 2.10. The maximum absolute atomic E-state index is 8.59. The number of hydrogen-bond acceptors (Lipinski definition) is 5. The largest absolute Gasteiger partial charge is 0.409 e. The SMILES string of the molecule is CCc1nc(CC)n(-c2ccc(/C(N)=N/O)nc2)n1. The van der Waals surface area contributed by atoms with E-state index in [0.29, 0.717) is 5.69 Å². The van der Waals surface area contributed by atoms with Crippen molar-refractivity contribution < 1.29 is 5.21 Å². The normalized spacial score (nSPS) is 11.8. The van der Waals surface area contributed by atoms with Crippen molar-refractivity contribution in [2.24, 2.45) is 10.9 Å². The molecule has 0 aliphatic heterocycles. The monoisotopic (exact) mass is 260 g/mol. The van der Waals surface area contributed by atoms with Gasteiger partial charge >= 0.3 is 0 Å². The molecule has 0 aliphatic carbocycles. The third-order valence-electron chi connectivity index (χ3n) is 2.71. The molecule has 2 aromatic heterocycles. The van der Waals surface area contributed by atoms with Crippen molar-refractivity contribution in [3.05, 3.63) is 35.7 Å². The minimum absolute atomic E-state index is 0.0184. The van der Waals surface area contributed by atoms with Gasteiger partial charge in [-0.25, -0.2) is 9.67 Å². The molecule has 0 spiro atoms. The molecule has 0 bridgehead atoms. The van der Waals surface area contributed by atoms with Gasteiger partial charge in [0.25, 0.3) is 0 Å². The van der Waals surface area contributed by atoms with Crippen molar-refractivity contribution in [2.75, 3.05) is 0 Å². The fourth-order valence-corrected chi connectivity index (χ4v) is 1.69. The predicted octanol–water partition coefficient (Wildman–Crippen LogP) is 0.882. The molecule has 0 aliphatic rings. The van der Waals surface area contributed by atoms with Crippen molar-refractivity contribution in [3.63, 3.8) is 0 Å². The van der Waals surface area contributed by atoms with Gasteiger partial charge in [-0.15, -0.1) is 0 Å². The van der Waals surface area contributed by atoms with Crippen LogP contribution in [0, 0.1) is 0 Å². The smallest absolute Gasteiger partial charge is 0.188 e. The van der Waals surface area contributed by atoms with Gasteiger partial charge in [0.15, 0.2) is 11.7 Å². The molecule has 0 aromatic carbocycles. The number of amidine groups is 1. The van der Waals surface area contributed by atoms with E-state index >= 15 is 0 Å². The van der Waals surface area contributed by atoms with Crippen LogP contribution in [0.5, 0.6) is 0 Å². The summed E-state index contributed by atoms with van der Waals surface area (Å²) in [5, 5.41) is 15.9. The highest BCUT2D eigenvalue weighted by atomic mass is 16.4. The van der Waals surface area contributed by atoms with Crippen LogP contribution in [0.1, 0.15) is 31.2 Å². The maximum atomic E-state index is 8.59. The van der Waals surface area contributed by atoms with Crippen LogP contribution in [0.2, 0.25) is 0 Å². The van der Waals surface area contributed by atoms with Crippen LogP contribution in [0.15, 0.2) is 23.5 Å². The second kappa shape index (κ2) is 5.47. The van der Waals surface area contributed by atoms with Gasteiger partial charge < -0.3 is 10.9 Å². The lowest BCUT2D eigenvalue weighted by atomic mass is 10.3. The minimum atomic E-state index is -0.0184. The van der Waals surface area contributed by atoms with E-state index in [9.17, 15) is 0 Å². The summed E-state index contributed by atoms with van der Waals surface area (Å²) in [6.07, 6.45) is 3.20.